The first-order valence-corrected chi connectivity index (χ1v) is 7.54. The van der Waals surface area contributed by atoms with Gasteiger partial charge in [0.05, 0.1) is 6.04 Å². The summed E-state index contributed by atoms with van der Waals surface area (Å²) >= 11 is 0. The van der Waals surface area contributed by atoms with Crippen LogP contribution in [-0.4, -0.2) is 38.1 Å². The molecule has 6 heteroatoms. The topological polar surface area (TPSA) is 79.5 Å². The zero-order valence-corrected chi connectivity index (χ0v) is 13.1. The molecule has 1 aromatic carbocycles. The Kier molecular flexibility index (Phi) is 5.91. The van der Waals surface area contributed by atoms with Gasteiger partial charge < -0.3 is 20.7 Å². The van der Waals surface area contributed by atoms with Crippen LogP contribution in [-0.2, 0) is 14.3 Å². The molecular formula is C16H23N3O3. The smallest absolute Gasteiger partial charge is 0.250 e. The lowest BCUT2D eigenvalue weighted by Gasteiger charge is -2.22. The van der Waals surface area contributed by atoms with Crippen LogP contribution in [0.15, 0.2) is 18.2 Å². The number of amides is 2. The van der Waals surface area contributed by atoms with Crippen molar-refractivity contribution in [1.29, 1.82) is 0 Å². The number of hydrogen-bond acceptors (Lipinski definition) is 4. The van der Waals surface area contributed by atoms with Crippen LogP contribution in [0.1, 0.15) is 24.8 Å². The van der Waals surface area contributed by atoms with Crippen LogP contribution in [0.5, 0.6) is 0 Å². The maximum atomic E-state index is 12.2. The third-order valence-corrected chi connectivity index (χ3v) is 3.67. The van der Waals surface area contributed by atoms with Gasteiger partial charge in [-0.15, -0.1) is 0 Å². The largest absolute Gasteiger partial charge is 0.375 e. The highest BCUT2D eigenvalue weighted by Crippen LogP contribution is 2.20. The Morgan fingerprint density at radius 1 is 1.32 bits per heavy atom. The minimum atomic E-state index is -0.200. The van der Waals surface area contributed by atoms with E-state index < -0.39 is 0 Å². The van der Waals surface area contributed by atoms with E-state index in [2.05, 4.69) is 16.0 Å². The highest BCUT2D eigenvalue weighted by molar-refractivity contribution is 5.96. The van der Waals surface area contributed by atoms with Gasteiger partial charge >= 0.3 is 0 Å². The first kappa shape index (κ1) is 16.5. The van der Waals surface area contributed by atoms with Crippen LogP contribution in [0.4, 0.5) is 11.4 Å². The van der Waals surface area contributed by atoms with Crippen molar-refractivity contribution >= 4 is 23.2 Å². The number of benzene rings is 1. The van der Waals surface area contributed by atoms with E-state index in [0.717, 1.165) is 42.7 Å². The molecule has 1 aliphatic rings. The lowest BCUT2D eigenvalue weighted by molar-refractivity contribution is -0.120. The number of anilines is 2. The second-order valence-electron chi connectivity index (χ2n) is 5.50. The Labute approximate surface area is 130 Å². The lowest BCUT2D eigenvalue weighted by atomic mass is 10.0. The molecule has 2 rings (SSSR count). The fraction of sp³-hybridized carbons (Fsp3) is 0.500. The number of hydrogen-bond donors (Lipinski definition) is 3. The number of ether oxygens (including phenoxy) is 1. The summed E-state index contributed by atoms with van der Waals surface area (Å²) in [5.74, 6) is -0.205. The van der Waals surface area contributed by atoms with Crippen molar-refractivity contribution in [3.05, 3.63) is 23.8 Å². The molecule has 0 spiro atoms. The summed E-state index contributed by atoms with van der Waals surface area (Å²) in [7, 11) is 1.48. The average molecular weight is 305 g/mol. The van der Waals surface area contributed by atoms with Gasteiger partial charge in [0.25, 0.3) is 0 Å². The Balaban J connectivity index is 1.96. The molecule has 120 valence electrons. The summed E-state index contributed by atoms with van der Waals surface area (Å²) in [6.45, 7) is 2.80. The molecular weight excluding hydrogens is 282 g/mol. The van der Waals surface area contributed by atoms with Crippen molar-refractivity contribution in [1.82, 2.24) is 5.32 Å². The van der Waals surface area contributed by atoms with E-state index in [0.29, 0.717) is 0 Å². The molecule has 1 fully saturated rings. The summed E-state index contributed by atoms with van der Waals surface area (Å²) < 4.78 is 4.78. The van der Waals surface area contributed by atoms with E-state index in [9.17, 15) is 9.59 Å². The van der Waals surface area contributed by atoms with Crippen molar-refractivity contribution in [2.45, 2.75) is 32.2 Å². The molecule has 6 nitrogen and oxygen atoms in total. The molecule has 1 aromatic rings. The predicted octanol–water partition coefficient (Wildman–Crippen LogP) is 1.66. The molecule has 1 aliphatic heterocycles. The molecule has 1 atom stereocenters. The van der Waals surface area contributed by atoms with Crippen LogP contribution in [0, 0.1) is 6.92 Å². The summed E-state index contributed by atoms with van der Waals surface area (Å²) in [4.78, 5) is 23.7. The maximum Gasteiger partial charge on any atom is 0.250 e. The first-order valence-electron chi connectivity index (χ1n) is 7.54. The molecule has 1 saturated heterocycles. The monoisotopic (exact) mass is 305 g/mol. The van der Waals surface area contributed by atoms with E-state index >= 15 is 0 Å². The molecule has 0 unspecified atom stereocenters. The first-order chi connectivity index (χ1) is 10.6. The number of piperidine rings is 1. The standard InChI is InChI=1S/C16H23N3O3/c1-11-9-12(6-7-13(11)19-15(20)10-22-2)18-16(21)14-5-3-4-8-17-14/h6-7,9,14,17H,3-5,8,10H2,1-2H3,(H,18,21)(H,19,20)/t14-/m0/s1. The lowest BCUT2D eigenvalue weighted by Crippen LogP contribution is -2.43. The Morgan fingerprint density at radius 3 is 2.77 bits per heavy atom. The SMILES string of the molecule is COCC(=O)Nc1ccc(NC(=O)[C@@H]2CCCCN2)cc1C. The minimum absolute atomic E-state index is 0.00438. The fourth-order valence-corrected chi connectivity index (χ4v) is 2.50. The third-order valence-electron chi connectivity index (χ3n) is 3.67. The predicted molar refractivity (Wildman–Crippen MR) is 86.0 cm³/mol. The molecule has 0 bridgehead atoms. The second kappa shape index (κ2) is 7.91. The number of methoxy groups -OCH3 is 1. The van der Waals surface area contributed by atoms with Gasteiger partial charge in [0.2, 0.25) is 11.8 Å². The van der Waals surface area contributed by atoms with Gasteiger partial charge in [0.15, 0.2) is 0 Å². The second-order valence-corrected chi connectivity index (χ2v) is 5.50. The number of nitrogens with one attached hydrogen (secondary N) is 3. The number of carbonyl (C=O) groups excluding carboxylic acids is 2. The van der Waals surface area contributed by atoms with Gasteiger partial charge in [-0.2, -0.15) is 0 Å². The number of carbonyl (C=O) groups is 2. The molecule has 2 amide bonds. The Hall–Kier alpha value is -1.92. The van der Waals surface area contributed by atoms with Crippen LogP contribution in [0.25, 0.3) is 0 Å². The van der Waals surface area contributed by atoms with Crippen LogP contribution < -0.4 is 16.0 Å². The summed E-state index contributed by atoms with van der Waals surface area (Å²) in [6.07, 6.45) is 3.07. The molecule has 0 aliphatic carbocycles. The Morgan fingerprint density at radius 2 is 2.14 bits per heavy atom. The zero-order valence-electron chi connectivity index (χ0n) is 13.1. The summed E-state index contributed by atoms with van der Waals surface area (Å²) in [6, 6.07) is 5.31. The molecule has 1 heterocycles. The Bertz CT molecular complexity index is 539. The van der Waals surface area contributed by atoms with Crippen LogP contribution in [0.2, 0.25) is 0 Å². The number of aryl methyl sites for hydroxylation is 1. The maximum absolute atomic E-state index is 12.2. The summed E-state index contributed by atoms with van der Waals surface area (Å²) in [5.41, 5.74) is 2.34. The van der Waals surface area contributed by atoms with E-state index in [1.54, 1.807) is 12.1 Å². The molecule has 0 saturated carbocycles. The van der Waals surface area contributed by atoms with E-state index in [1.165, 1.54) is 7.11 Å². The highest BCUT2D eigenvalue weighted by Gasteiger charge is 2.20. The van der Waals surface area contributed by atoms with Gasteiger partial charge in [0, 0.05) is 18.5 Å². The third kappa shape index (κ3) is 4.54. The van der Waals surface area contributed by atoms with Gasteiger partial charge in [-0.1, -0.05) is 6.42 Å². The molecule has 0 aromatic heterocycles. The van der Waals surface area contributed by atoms with Gasteiger partial charge in [-0.05, 0) is 50.1 Å². The molecule has 3 N–H and O–H groups in total. The van der Waals surface area contributed by atoms with Gasteiger partial charge in [-0.25, -0.2) is 0 Å². The van der Waals surface area contributed by atoms with Crippen LogP contribution >= 0.6 is 0 Å². The van der Waals surface area contributed by atoms with E-state index in [1.807, 2.05) is 13.0 Å². The van der Waals surface area contributed by atoms with Crippen molar-refractivity contribution in [2.75, 3.05) is 30.9 Å². The van der Waals surface area contributed by atoms with Crippen molar-refractivity contribution in [3.8, 4) is 0 Å². The normalized spacial score (nSPS) is 17.8. The van der Waals surface area contributed by atoms with Crippen molar-refractivity contribution in [2.24, 2.45) is 0 Å². The minimum Gasteiger partial charge on any atom is -0.375 e. The van der Waals surface area contributed by atoms with E-state index in [4.69, 9.17) is 4.74 Å². The van der Waals surface area contributed by atoms with Crippen LogP contribution in [0.3, 0.4) is 0 Å². The number of rotatable bonds is 5. The highest BCUT2D eigenvalue weighted by atomic mass is 16.5. The summed E-state index contributed by atoms with van der Waals surface area (Å²) in [5, 5.41) is 8.91. The van der Waals surface area contributed by atoms with E-state index in [-0.39, 0.29) is 24.5 Å². The van der Waals surface area contributed by atoms with Gasteiger partial charge in [0.1, 0.15) is 6.61 Å². The average Bonchev–Trinajstić information content (AvgIpc) is 2.51. The van der Waals surface area contributed by atoms with Crippen molar-refractivity contribution in [3.63, 3.8) is 0 Å². The zero-order chi connectivity index (χ0) is 15.9. The van der Waals surface area contributed by atoms with Crippen molar-refractivity contribution < 1.29 is 14.3 Å². The molecule has 22 heavy (non-hydrogen) atoms. The van der Waals surface area contributed by atoms with Gasteiger partial charge in [-0.3, -0.25) is 9.59 Å². The fourth-order valence-electron chi connectivity index (χ4n) is 2.50. The molecule has 0 radical (unpaired) electrons. The quantitative estimate of drug-likeness (QED) is 0.773.